The van der Waals surface area contributed by atoms with Crippen LogP contribution in [0.25, 0.3) is 20.4 Å². The molecule has 0 spiro atoms. The monoisotopic (exact) mass is 357 g/mol. The number of benzene rings is 1. The van der Waals surface area contributed by atoms with E-state index in [-0.39, 0.29) is 0 Å². The third kappa shape index (κ3) is 2.75. The molecule has 0 N–H and O–H groups in total. The summed E-state index contributed by atoms with van der Waals surface area (Å²) in [6.07, 6.45) is 0. The lowest BCUT2D eigenvalue weighted by Crippen LogP contribution is -1.91. The van der Waals surface area contributed by atoms with Gasteiger partial charge in [-0.2, -0.15) is 0 Å². The fourth-order valence-corrected chi connectivity index (χ4v) is 5.76. The van der Waals surface area contributed by atoms with Crippen molar-refractivity contribution in [2.75, 3.05) is 0 Å². The minimum Gasteiger partial charge on any atom is -0.240 e. The average molecular weight is 358 g/mol. The summed E-state index contributed by atoms with van der Waals surface area (Å²) in [5, 5.41) is 3.43. The number of rotatable bonds is 3. The van der Waals surface area contributed by atoms with Crippen molar-refractivity contribution in [2.45, 2.75) is 31.6 Å². The second-order valence-electron chi connectivity index (χ2n) is 5.40. The maximum Gasteiger partial charge on any atom is 0.128 e. The molecule has 1 aromatic carbocycles. The Hall–Kier alpha value is -1.50. The number of thiophene rings is 1. The van der Waals surface area contributed by atoms with Gasteiger partial charge in [0.05, 0.1) is 16.0 Å². The van der Waals surface area contributed by atoms with Crippen LogP contribution in [0.3, 0.4) is 0 Å². The van der Waals surface area contributed by atoms with Gasteiger partial charge in [0.15, 0.2) is 0 Å². The molecule has 0 aliphatic heterocycles. The highest BCUT2D eigenvalue weighted by molar-refractivity contribution is 7.98. The standard InChI is InChI=1S/C17H15N3S3/c1-9-10(2)22-17-15(9)16(18-11(3)19-17)21-8-14-20-12-6-4-5-7-13(12)23-14/h4-7H,8H2,1-3H3. The van der Waals surface area contributed by atoms with E-state index in [1.54, 1.807) is 34.4 Å². The Morgan fingerprint density at radius 1 is 1.00 bits per heavy atom. The van der Waals surface area contributed by atoms with E-state index in [9.17, 15) is 0 Å². The Balaban J connectivity index is 1.69. The maximum atomic E-state index is 4.71. The number of hydrogen-bond acceptors (Lipinski definition) is 6. The van der Waals surface area contributed by atoms with E-state index in [0.29, 0.717) is 0 Å². The zero-order valence-electron chi connectivity index (χ0n) is 13.1. The zero-order chi connectivity index (χ0) is 16.0. The SMILES string of the molecule is Cc1nc(SCc2nc3ccccc3s2)c2c(C)c(C)sc2n1. The molecule has 0 bridgehead atoms. The molecule has 0 unspecified atom stereocenters. The third-order valence-electron chi connectivity index (χ3n) is 3.78. The van der Waals surface area contributed by atoms with Crippen LogP contribution in [-0.2, 0) is 5.75 Å². The molecular formula is C17H15N3S3. The molecular weight excluding hydrogens is 342 g/mol. The Morgan fingerprint density at radius 3 is 2.65 bits per heavy atom. The van der Waals surface area contributed by atoms with Gasteiger partial charge in [0.2, 0.25) is 0 Å². The van der Waals surface area contributed by atoms with E-state index in [1.165, 1.54) is 20.5 Å². The van der Waals surface area contributed by atoms with Crippen LogP contribution in [0.15, 0.2) is 29.3 Å². The summed E-state index contributed by atoms with van der Waals surface area (Å²) >= 11 is 5.28. The molecule has 0 radical (unpaired) electrons. The van der Waals surface area contributed by atoms with Crippen molar-refractivity contribution in [1.82, 2.24) is 15.0 Å². The first-order chi connectivity index (χ1) is 11.1. The van der Waals surface area contributed by atoms with E-state index >= 15 is 0 Å². The molecule has 0 saturated carbocycles. The van der Waals surface area contributed by atoms with Gasteiger partial charge in [-0.3, -0.25) is 0 Å². The fraction of sp³-hybridized carbons (Fsp3) is 0.235. The van der Waals surface area contributed by atoms with E-state index in [0.717, 1.165) is 32.0 Å². The van der Waals surface area contributed by atoms with Gasteiger partial charge in [0.1, 0.15) is 20.7 Å². The lowest BCUT2D eigenvalue weighted by atomic mass is 10.2. The molecule has 4 rings (SSSR count). The number of para-hydroxylation sites is 1. The molecule has 0 amide bonds. The predicted molar refractivity (Wildman–Crippen MR) is 101 cm³/mol. The van der Waals surface area contributed by atoms with Crippen molar-refractivity contribution in [3.63, 3.8) is 0 Å². The second-order valence-corrected chi connectivity index (χ2v) is 8.69. The number of nitrogens with zero attached hydrogens (tertiary/aromatic N) is 3. The molecule has 23 heavy (non-hydrogen) atoms. The topological polar surface area (TPSA) is 38.7 Å². The minimum absolute atomic E-state index is 0.838. The van der Waals surface area contributed by atoms with Crippen LogP contribution in [-0.4, -0.2) is 15.0 Å². The van der Waals surface area contributed by atoms with Crippen LogP contribution in [0, 0.1) is 20.8 Å². The Labute approximate surface area is 146 Å². The van der Waals surface area contributed by atoms with Gasteiger partial charge in [-0.15, -0.1) is 22.7 Å². The van der Waals surface area contributed by atoms with Gasteiger partial charge in [-0.25, -0.2) is 15.0 Å². The van der Waals surface area contributed by atoms with Crippen molar-refractivity contribution in [1.29, 1.82) is 0 Å². The summed E-state index contributed by atoms with van der Waals surface area (Å²) in [6, 6.07) is 8.29. The van der Waals surface area contributed by atoms with Crippen LogP contribution in [0.5, 0.6) is 0 Å². The van der Waals surface area contributed by atoms with Gasteiger partial charge >= 0.3 is 0 Å². The van der Waals surface area contributed by atoms with Gasteiger partial charge in [-0.1, -0.05) is 23.9 Å². The van der Waals surface area contributed by atoms with Crippen LogP contribution in [0.4, 0.5) is 0 Å². The Bertz CT molecular complexity index is 984. The lowest BCUT2D eigenvalue weighted by Gasteiger charge is -2.03. The largest absolute Gasteiger partial charge is 0.240 e. The Morgan fingerprint density at radius 2 is 1.83 bits per heavy atom. The molecule has 4 aromatic rings. The Kier molecular flexibility index (Phi) is 3.83. The molecule has 0 aliphatic rings. The van der Waals surface area contributed by atoms with Crippen LogP contribution < -0.4 is 0 Å². The maximum absolute atomic E-state index is 4.71. The number of thioether (sulfide) groups is 1. The number of aryl methyl sites for hydroxylation is 3. The van der Waals surface area contributed by atoms with Gasteiger partial charge in [0.25, 0.3) is 0 Å². The first-order valence-corrected chi connectivity index (χ1v) is 9.95. The first-order valence-electron chi connectivity index (χ1n) is 7.33. The third-order valence-corrected chi connectivity index (χ3v) is 7.08. The first kappa shape index (κ1) is 15.1. The van der Waals surface area contributed by atoms with Crippen molar-refractivity contribution >= 4 is 54.9 Å². The van der Waals surface area contributed by atoms with E-state index in [4.69, 9.17) is 4.98 Å². The molecule has 116 valence electrons. The summed E-state index contributed by atoms with van der Waals surface area (Å²) < 4.78 is 1.25. The van der Waals surface area contributed by atoms with Gasteiger partial charge < -0.3 is 0 Å². The summed E-state index contributed by atoms with van der Waals surface area (Å²) in [5.74, 6) is 1.68. The highest BCUT2D eigenvalue weighted by atomic mass is 32.2. The summed E-state index contributed by atoms with van der Waals surface area (Å²) in [6.45, 7) is 6.28. The van der Waals surface area contributed by atoms with Crippen molar-refractivity contribution in [2.24, 2.45) is 0 Å². The summed E-state index contributed by atoms with van der Waals surface area (Å²) in [5.41, 5.74) is 2.39. The van der Waals surface area contributed by atoms with Crippen LogP contribution in [0.2, 0.25) is 0 Å². The highest BCUT2D eigenvalue weighted by Crippen LogP contribution is 2.37. The molecule has 0 atom stereocenters. The fourth-order valence-electron chi connectivity index (χ4n) is 2.53. The van der Waals surface area contributed by atoms with Gasteiger partial charge in [0, 0.05) is 10.3 Å². The highest BCUT2D eigenvalue weighted by Gasteiger charge is 2.14. The minimum atomic E-state index is 0.838. The van der Waals surface area contributed by atoms with Crippen LogP contribution >= 0.6 is 34.4 Å². The predicted octanol–water partition coefficient (Wildman–Crippen LogP) is 5.52. The van der Waals surface area contributed by atoms with E-state index in [1.807, 2.05) is 13.0 Å². The van der Waals surface area contributed by atoms with E-state index < -0.39 is 0 Å². The number of fused-ring (bicyclic) bond motifs is 2. The quantitative estimate of drug-likeness (QED) is 0.357. The molecule has 0 aliphatic carbocycles. The number of hydrogen-bond donors (Lipinski definition) is 0. The molecule has 3 heterocycles. The number of thiazole rings is 1. The average Bonchev–Trinajstić information content (AvgIpc) is 3.06. The molecule has 6 heteroatoms. The molecule has 3 aromatic heterocycles. The molecule has 3 nitrogen and oxygen atoms in total. The van der Waals surface area contributed by atoms with Crippen LogP contribution in [0.1, 0.15) is 21.3 Å². The zero-order valence-corrected chi connectivity index (χ0v) is 15.5. The molecule has 0 fully saturated rings. The molecule has 0 saturated heterocycles. The summed E-state index contributed by atoms with van der Waals surface area (Å²) in [4.78, 5) is 16.4. The summed E-state index contributed by atoms with van der Waals surface area (Å²) in [7, 11) is 0. The smallest absolute Gasteiger partial charge is 0.128 e. The van der Waals surface area contributed by atoms with Crippen molar-refractivity contribution < 1.29 is 0 Å². The van der Waals surface area contributed by atoms with E-state index in [2.05, 4.69) is 42.0 Å². The normalized spacial score (nSPS) is 11.6. The second kappa shape index (κ2) is 5.85. The van der Waals surface area contributed by atoms with Crippen molar-refractivity contribution in [3.8, 4) is 0 Å². The number of aromatic nitrogens is 3. The lowest BCUT2D eigenvalue weighted by molar-refractivity contribution is 1.01. The van der Waals surface area contributed by atoms with Gasteiger partial charge in [-0.05, 0) is 38.5 Å². The van der Waals surface area contributed by atoms with Crippen molar-refractivity contribution in [3.05, 3.63) is 45.5 Å².